The van der Waals surface area contributed by atoms with Crippen LogP contribution in [0.25, 0.3) is 11.1 Å². The van der Waals surface area contributed by atoms with Crippen LogP contribution >= 0.6 is 0 Å². The number of hydrogen-bond donors (Lipinski definition) is 1. The van der Waals surface area contributed by atoms with E-state index >= 15 is 0 Å². The fourth-order valence-corrected chi connectivity index (χ4v) is 6.35. The van der Waals surface area contributed by atoms with E-state index in [0.29, 0.717) is 9.87 Å². The zero-order valence-electron chi connectivity index (χ0n) is 25.4. The molecule has 1 aliphatic heterocycles. The van der Waals surface area contributed by atoms with E-state index in [1.54, 1.807) is 18.2 Å². The molecule has 1 N–H and O–H groups in total. The fraction of sp³-hybridized carbons (Fsp3) is 0.441. The highest BCUT2D eigenvalue weighted by Crippen LogP contribution is 2.38. The molecule has 1 amide bonds. The molecule has 0 spiro atoms. The molecule has 1 heterocycles. The van der Waals surface area contributed by atoms with Crippen LogP contribution < -0.4 is 4.74 Å². The standard InChI is InChI=1S/C34H45NO5S/c1-24(2)12-9-13-25(3)14-10-15-26(4)16-11-17-30-21-20-28-23-29(22-27(5)33(28)40-30)31-18-7-8-19-32(31)41(38,39)35(6)34(36)37/h7-8,12,14,16,18-19,22-23,30H,9-11,13,15,17,20-21H2,1-6H3,(H,36,37). The lowest BCUT2D eigenvalue weighted by atomic mass is 9.93. The van der Waals surface area contributed by atoms with Crippen LogP contribution in [-0.4, -0.2) is 37.1 Å². The Balaban J connectivity index is 1.63. The number of carbonyl (C=O) groups is 1. The van der Waals surface area contributed by atoms with Crippen molar-refractivity contribution in [2.24, 2.45) is 0 Å². The van der Waals surface area contributed by atoms with Gasteiger partial charge in [0.25, 0.3) is 10.0 Å². The fourth-order valence-electron chi connectivity index (χ4n) is 5.14. The monoisotopic (exact) mass is 579 g/mol. The van der Waals surface area contributed by atoms with Crippen molar-refractivity contribution in [3.63, 3.8) is 0 Å². The highest BCUT2D eigenvalue weighted by Gasteiger charge is 2.29. The number of nitrogens with zero attached hydrogens (tertiary/aromatic N) is 1. The minimum Gasteiger partial charge on any atom is -0.490 e. The quantitative estimate of drug-likeness (QED) is 0.254. The second kappa shape index (κ2) is 14.5. The molecule has 7 heteroatoms. The number of carboxylic acid groups (broad SMARTS) is 1. The van der Waals surface area contributed by atoms with Crippen molar-refractivity contribution >= 4 is 16.1 Å². The summed E-state index contributed by atoms with van der Waals surface area (Å²) in [5, 5.41) is 9.28. The molecule has 3 rings (SSSR count). The lowest BCUT2D eigenvalue weighted by molar-refractivity contribution is 0.164. The molecule has 6 nitrogen and oxygen atoms in total. The normalized spacial score (nSPS) is 15.6. The Morgan fingerprint density at radius 2 is 1.63 bits per heavy atom. The summed E-state index contributed by atoms with van der Waals surface area (Å²) in [6.07, 6.45) is 13.7. The zero-order chi connectivity index (χ0) is 30.2. The number of sulfonamides is 1. The Kier molecular flexibility index (Phi) is 11.4. The predicted octanol–water partition coefficient (Wildman–Crippen LogP) is 8.85. The molecule has 41 heavy (non-hydrogen) atoms. The molecule has 0 bridgehead atoms. The summed E-state index contributed by atoms with van der Waals surface area (Å²) in [7, 11) is -3.16. The van der Waals surface area contributed by atoms with Gasteiger partial charge in [0, 0.05) is 12.6 Å². The second-order valence-corrected chi connectivity index (χ2v) is 13.3. The molecular weight excluding hydrogens is 534 g/mol. The van der Waals surface area contributed by atoms with E-state index in [1.165, 1.54) is 22.8 Å². The predicted molar refractivity (Wildman–Crippen MR) is 167 cm³/mol. The maximum absolute atomic E-state index is 13.0. The summed E-state index contributed by atoms with van der Waals surface area (Å²) in [5.74, 6) is 0.877. The van der Waals surface area contributed by atoms with Crippen LogP contribution in [0.3, 0.4) is 0 Å². The van der Waals surface area contributed by atoms with Gasteiger partial charge in [0.2, 0.25) is 0 Å². The minimum atomic E-state index is -4.20. The van der Waals surface area contributed by atoms with Crippen molar-refractivity contribution in [2.45, 2.75) is 97.0 Å². The Hall–Kier alpha value is -3.32. The summed E-state index contributed by atoms with van der Waals surface area (Å²) >= 11 is 0. The molecular formula is C34H45NO5S. The van der Waals surface area contributed by atoms with Crippen molar-refractivity contribution in [1.82, 2.24) is 4.31 Å². The summed E-state index contributed by atoms with van der Waals surface area (Å²) in [6, 6.07) is 10.4. The minimum absolute atomic E-state index is 0.0320. The first kappa shape index (κ1) is 32.2. The smallest absolute Gasteiger partial charge is 0.421 e. The second-order valence-electron chi connectivity index (χ2n) is 11.3. The van der Waals surface area contributed by atoms with Gasteiger partial charge in [-0.3, -0.25) is 0 Å². The third-order valence-corrected chi connectivity index (χ3v) is 9.37. The molecule has 1 unspecified atom stereocenters. The molecule has 0 radical (unpaired) electrons. The zero-order valence-corrected chi connectivity index (χ0v) is 26.2. The highest BCUT2D eigenvalue weighted by atomic mass is 32.2. The van der Waals surface area contributed by atoms with Crippen molar-refractivity contribution in [3.8, 4) is 16.9 Å². The van der Waals surface area contributed by atoms with E-state index in [0.717, 1.165) is 80.9 Å². The number of allylic oxidation sites excluding steroid dienone is 6. The number of fused-ring (bicyclic) bond motifs is 1. The number of ether oxygens (including phenoxy) is 1. The third kappa shape index (κ3) is 8.83. The van der Waals surface area contributed by atoms with Crippen molar-refractivity contribution in [1.29, 1.82) is 0 Å². The molecule has 222 valence electrons. The first-order valence-corrected chi connectivity index (χ1v) is 15.9. The number of rotatable bonds is 12. The Bertz CT molecular complexity index is 1430. The summed E-state index contributed by atoms with van der Waals surface area (Å²) in [6.45, 7) is 10.7. The number of aryl methyl sites for hydroxylation is 2. The molecule has 0 saturated heterocycles. The van der Waals surface area contributed by atoms with Gasteiger partial charge in [-0.25, -0.2) is 17.5 Å². The number of benzene rings is 2. The van der Waals surface area contributed by atoms with E-state index in [2.05, 4.69) is 45.9 Å². The van der Waals surface area contributed by atoms with Crippen LogP contribution in [-0.2, 0) is 16.4 Å². The van der Waals surface area contributed by atoms with Gasteiger partial charge >= 0.3 is 6.09 Å². The molecule has 2 aromatic rings. The largest absolute Gasteiger partial charge is 0.490 e. The van der Waals surface area contributed by atoms with Gasteiger partial charge in [-0.05, 0) is 121 Å². The van der Waals surface area contributed by atoms with Gasteiger partial charge in [0.1, 0.15) is 5.75 Å². The van der Waals surface area contributed by atoms with Gasteiger partial charge < -0.3 is 9.84 Å². The third-order valence-electron chi connectivity index (χ3n) is 7.58. The van der Waals surface area contributed by atoms with E-state index in [4.69, 9.17) is 4.74 Å². The number of hydrogen-bond acceptors (Lipinski definition) is 4. The molecule has 1 aliphatic rings. The van der Waals surface area contributed by atoms with Crippen molar-refractivity contribution < 1.29 is 23.1 Å². The Labute approximate surface area is 246 Å². The van der Waals surface area contributed by atoms with Crippen LogP contribution in [0.2, 0.25) is 0 Å². The molecule has 2 aromatic carbocycles. The maximum Gasteiger partial charge on any atom is 0.421 e. The van der Waals surface area contributed by atoms with Crippen molar-refractivity contribution in [3.05, 3.63) is 82.5 Å². The topological polar surface area (TPSA) is 83.9 Å². The SMILES string of the molecule is CC(C)=CCCC(C)=CCCC(C)=CCCC1CCc2cc(-c3ccccc3S(=O)(=O)N(C)C(=O)O)cc(C)c2O1. The summed E-state index contributed by atoms with van der Waals surface area (Å²) in [4.78, 5) is 11.4. The molecule has 0 fully saturated rings. The van der Waals surface area contributed by atoms with E-state index in [-0.39, 0.29) is 11.0 Å². The van der Waals surface area contributed by atoms with Crippen LogP contribution in [0.15, 0.2) is 76.2 Å². The number of amides is 1. The molecule has 0 aromatic heterocycles. The van der Waals surface area contributed by atoms with Gasteiger partial charge in [0.15, 0.2) is 0 Å². The Morgan fingerprint density at radius 3 is 2.29 bits per heavy atom. The average Bonchev–Trinajstić information content (AvgIpc) is 2.92. The van der Waals surface area contributed by atoms with Crippen LogP contribution in [0.5, 0.6) is 5.75 Å². The average molecular weight is 580 g/mol. The first-order valence-electron chi connectivity index (χ1n) is 14.5. The van der Waals surface area contributed by atoms with E-state index < -0.39 is 16.1 Å². The molecule has 0 saturated carbocycles. The van der Waals surface area contributed by atoms with Gasteiger partial charge in [-0.1, -0.05) is 53.1 Å². The molecule has 1 atom stereocenters. The van der Waals surface area contributed by atoms with Crippen LogP contribution in [0.4, 0.5) is 4.79 Å². The lowest BCUT2D eigenvalue weighted by Crippen LogP contribution is -2.32. The van der Waals surface area contributed by atoms with E-state index in [1.807, 2.05) is 19.1 Å². The summed E-state index contributed by atoms with van der Waals surface area (Å²) in [5.41, 5.74) is 7.46. The van der Waals surface area contributed by atoms with E-state index in [9.17, 15) is 18.3 Å². The Morgan fingerprint density at radius 1 is 1.00 bits per heavy atom. The molecule has 0 aliphatic carbocycles. The summed E-state index contributed by atoms with van der Waals surface area (Å²) < 4.78 is 32.8. The van der Waals surface area contributed by atoms with Gasteiger partial charge in [0.05, 0.1) is 11.0 Å². The van der Waals surface area contributed by atoms with Crippen molar-refractivity contribution in [2.75, 3.05) is 7.05 Å². The van der Waals surface area contributed by atoms with Gasteiger partial charge in [-0.15, -0.1) is 0 Å². The highest BCUT2D eigenvalue weighted by molar-refractivity contribution is 7.89. The van der Waals surface area contributed by atoms with Crippen LogP contribution in [0, 0.1) is 6.92 Å². The first-order chi connectivity index (χ1) is 19.4. The lowest BCUT2D eigenvalue weighted by Gasteiger charge is -2.28. The van der Waals surface area contributed by atoms with Gasteiger partial charge in [-0.2, -0.15) is 0 Å². The maximum atomic E-state index is 13.0. The van der Waals surface area contributed by atoms with Crippen LogP contribution in [0.1, 0.15) is 83.8 Å².